The van der Waals surface area contributed by atoms with Gasteiger partial charge in [-0.1, -0.05) is 58.0 Å². The van der Waals surface area contributed by atoms with Crippen molar-refractivity contribution in [2.45, 2.75) is 102 Å². The minimum atomic E-state index is -0.653. The molecule has 6 amide bonds. The van der Waals surface area contributed by atoms with Gasteiger partial charge in [0.15, 0.2) is 0 Å². The highest BCUT2D eigenvalue weighted by Gasteiger charge is 2.43. The number of nitrogens with one attached hydrogen (secondary N) is 2. The van der Waals surface area contributed by atoms with E-state index in [9.17, 15) is 28.8 Å². The van der Waals surface area contributed by atoms with Crippen molar-refractivity contribution in [1.29, 1.82) is 0 Å². The number of piperidine rings is 2. The lowest BCUT2D eigenvalue weighted by molar-refractivity contribution is -0.138. The summed E-state index contributed by atoms with van der Waals surface area (Å²) in [5.41, 5.74) is 4.45. The third-order valence-corrected chi connectivity index (χ3v) is 9.96. The van der Waals surface area contributed by atoms with Crippen molar-refractivity contribution < 1.29 is 28.8 Å². The Morgan fingerprint density at radius 3 is 1.89 bits per heavy atom. The van der Waals surface area contributed by atoms with Crippen LogP contribution in [0.3, 0.4) is 0 Å². The number of hydrogen-bond acceptors (Lipinski definition) is 6. The van der Waals surface area contributed by atoms with Crippen molar-refractivity contribution in [3.8, 4) is 0 Å². The number of carbonyl (C=O) groups is 6. The van der Waals surface area contributed by atoms with E-state index in [1.54, 1.807) is 9.80 Å². The Hall–Kier alpha value is -4.34. The van der Waals surface area contributed by atoms with Crippen LogP contribution in [0, 0.1) is 0 Å². The van der Waals surface area contributed by atoms with Crippen LogP contribution in [0.4, 0.5) is 0 Å². The molecule has 2 fully saturated rings. The van der Waals surface area contributed by atoms with E-state index >= 15 is 0 Å². The van der Waals surface area contributed by atoms with E-state index in [-0.39, 0.29) is 47.3 Å². The molecule has 10 heteroatoms. The standard InChI is InChI=1S/C34H38N4O6/c1-33(2,21-8-9-22-20(16-21)18-37(31(22)43)24-10-12-26(39)35-29(24)41)14-15-34(3,4)23-7-5-6-19-17-38(32(44)28(19)23)25-11-13-27(40)36-30(25)42/h5-9,16,24-25H,10-15,17-18H2,1-4H3,(H,35,39,41)(H,36,40,42). The molecule has 2 unspecified atom stereocenters. The Labute approximate surface area is 256 Å². The third-order valence-electron chi connectivity index (χ3n) is 9.96. The van der Waals surface area contributed by atoms with E-state index in [0.29, 0.717) is 37.1 Å². The smallest absolute Gasteiger partial charge is 0.255 e. The van der Waals surface area contributed by atoms with E-state index in [2.05, 4.69) is 44.4 Å². The number of carbonyl (C=O) groups excluding carboxylic acids is 6. The van der Waals surface area contributed by atoms with Crippen molar-refractivity contribution in [3.05, 3.63) is 69.8 Å². The van der Waals surface area contributed by atoms with Gasteiger partial charge in [-0.2, -0.15) is 0 Å². The number of hydrogen-bond donors (Lipinski definition) is 2. The number of nitrogens with zero attached hydrogens (tertiary/aromatic N) is 2. The Kier molecular flexibility index (Phi) is 7.21. The highest BCUT2D eigenvalue weighted by atomic mass is 16.2. The molecule has 2 saturated heterocycles. The van der Waals surface area contributed by atoms with Crippen LogP contribution in [-0.4, -0.2) is 57.3 Å². The summed E-state index contributed by atoms with van der Waals surface area (Å²) in [5, 5.41) is 4.72. The molecule has 2 aromatic carbocycles. The largest absolute Gasteiger partial charge is 0.322 e. The zero-order chi connectivity index (χ0) is 31.6. The van der Waals surface area contributed by atoms with Gasteiger partial charge in [0.2, 0.25) is 23.6 Å². The molecule has 10 nitrogen and oxygen atoms in total. The Morgan fingerprint density at radius 2 is 1.27 bits per heavy atom. The molecule has 0 saturated carbocycles. The van der Waals surface area contributed by atoms with Gasteiger partial charge in [-0.3, -0.25) is 39.4 Å². The first-order chi connectivity index (χ1) is 20.8. The second-order valence-corrected chi connectivity index (χ2v) is 13.8. The molecule has 0 bridgehead atoms. The number of fused-ring (bicyclic) bond motifs is 2. The van der Waals surface area contributed by atoms with Gasteiger partial charge < -0.3 is 9.80 Å². The fraction of sp³-hybridized carbons (Fsp3) is 0.471. The first-order valence-electron chi connectivity index (χ1n) is 15.3. The van der Waals surface area contributed by atoms with Gasteiger partial charge in [-0.25, -0.2) is 0 Å². The van der Waals surface area contributed by atoms with Crippen LogP contribution in [0.15, 0.2) is 36.4 Å². The summed E-state index contributed by atoms with van der Waals surface area (Å²) in [7, 11) is 0. The van der Waals surface area contributed by atoms with Crippen LogP contribution in [0.5, 0.6) is 0 Å². The summed E-state index contributed by atoms with van der Waals surface area (Å²) in [6.07, 6.45) is 2.67. The minimum Gasteiger partial charge on any atom is -0.322 e. The predicted octanol–water partition coefficient (Wildman–Crippen LogP) is 3.24. The van der Waals surface area contributed by atoms with E-state index in [1.807, 2.05) is 30.3 Å². The van der Waals surface area contributed by atoms with Crippen molar-refractivity contribution in [2.75, 3.05) is 0 Å². The van der Waals surface area contributed by atoms with Crippen molar-refractivity contribution in [1.82, 2.24) is 20.4 Å². The number of imide groups is 2. The first kappa shape index (κ1) is 29.7. The molecule has 4 aliphatic heterocycles. The van der Waals surface area contributed by atoms with Crippen LogP contribution in [0.1, 0.15) is 109 Å². The average molecular weight is 599 g/mol. The maximum absolute atomic E-state index is 13.7. The molecule has 2 aromatic rings. The van der Waals surface area contributed by atoms with Crippen LogP contribution in [-0.2, 0) is 43.1 Å². The van der Waals surface area contributed by atoms with Crippen molar-refractivity contribution in [2.24, 2.45) is 0 Å². The van der Waals surface area contributed by atoms with Crippen molar-refractivity contribution >= 4 is 35.4 Å². The summed E-state index contributed by atoms with van der Waals surface area (Å²) >= 11 is 0. The van der Waals surface area contributed by atoms with Gasteiger partial charge in [-0.05, 0) is 64.8 Å². The maximum Gasteiger partial charge on any atom is 0.255 e. The number of rotatable bonds is 7. The molecule has 44 heavy (non-hydrogen) atoms. The van der Waals surface area contributed by atoms with E-state index in [0.717, 1.165) is 35.1 Å². The maximum atomic E-state index is 13.7. The number of amides is 6. The minimum absolute atomic E-state index is 0.165. The molecule has 0 aliphatic carbocycles. The van der Waals surface area contributed by atoms with Gasteiger partial charge in [0.25, 0.3) is 11.8 Å². The molecule has 230 valence electrons. The molecule has 4 aliphatic rings. The van der Waals surface area contributed by atoms with Gasteiger partial charge in [0, 0.05) is 37.1 Å². The molecular formula is C34H38N4O6. The third kappa shape index (κ3) is 5.10. The van der Waals surface area contributed by atoms with E-state index in [1.165, 1.54) is 0 Å². The lowest BCUT2D eigenvalue weighted by Crippen LogP contribution is -2.52. The fourth-order valence-electron chi connectivity index (χ4n) is 7.08. The van der Waals surface area contributed by atoms with Crippen LogP contribution in [0.25, 0.3) is 0 Å². The summed E-state index contributed by atoms with van der Waals surface area (Å²) < 4.78 is 0. The monoisotopic (exact) mass is 598 g/mol. The molecule has 6 rings (SSSR count). The quantitative estimate of drug-likeness (QED) is 0.471. The average Bonchev–Trinajstić information content (AvgIpc) is 3.48. The van der Waals surface area contributed by atoms with Crippen LogP contribution in [0.2, 0.25) is 0 Å². The highest BCUT2D eigenvalue weighted by Crippen LogP contribution is 2.41. The van der Waals surface area contributed by atoms with Gasteiger partial charge in [0.1, 0.15) is 12.1 Å². The second-order valence-electron chi connectivity index (χ2n) is 13.8. The molecule has 2 N–H and O–H groups in total. The topological polar surface area (TPSA) is 133 Å². The highest BCUT2D eigenvalue weighted by molar-refractivity contribution is 6.07. The van der Waals surface area contributed by atoms with E-state index < -0.39 is 23.9 Å². The number of benzene rings is 2. The second kappa shape index (κ2) is 10.7. The zero-order valence-corrected chi connectivity index (χ0v) is 25.6. The summed E-state index contributed by atoms with van der Waals surface area (Å²) in [4.78, 5) is 78.3. The molecule has 0 aromatic heterocycles. The first-order valence-corrected chi connectivity index (χ1v) is 15.3. The SMILES string of the molecule is CC(C)(CCC(C)(C)c1cccc2c1C(=O)N(C1CCC(=O)NC1=O)C2)c1ccc2c(c1)CN(C1CCC(=O)NC1=O)C2=O. The summed E-state index contributed by atoms with van der Waals surface area (Å²) in [5.74, 6) is -1.80. The van der Waals surface area contributed by atoms with Crippen LogP contribution < -0.4 is 10.6 Å². The Morgan fingerprint density at radius 1 is 0.705 bits per heavy atom. The molecule has 2 atom stereocenters. The van der Waals surface area contributed by atoms with Crippen LogP contribution >= 0.6 is 0 Å². The normalized spacial score (nSPS) is 22.3. The predicted molar refractivity (Wildman–Crippen MR) is 160 cm³/mol. The molecule has 4 heterocycles. The fourth-order valence-corrected chi connectivity index (χ4v) is 7.08. The lowest BCUT2D eigenvalue weighted by atomic mass is 9.71. The lowest BCUT2D eigenvalue weighted by Gasteiger charge is -2.33. The van der Waals surface area contributed by atoms with Gasteiger partial charge >= 0.3 is 0 Å². The summed E-state index contributed by atoms with van der Waals surface area (Å²) in [6.45, 7) is 9.30. The molecule has 0 spiro atoms. The van der Waals surface area contributed by atoms with Gasteiger partial charge in [-0.15, -0.1) is 0 Å². The molecular weight excluding hydrogens is 560 g/mol. The Balaban J connectivity index is 1.17. The molecule has 0 radical (unpaired) electrons. The van der Waals surface area contributed by atoms with Crippen molar-refractivity contribution in [3.63, 3.8) is 0 Å². The van der Waals surface area contributed by atoms with Gasteiger partial charge in [0.05, 0.1) is 0 Å². The Bertz CT molecular complexity index is 1630. The zero-order valence-electron chi connectivity index (χ0n) is 25.6. The summed E-state index contributed by atoms with van der Waals surface area (Å²) in [6, 6.07) is 10.5. The van der Waals surface area contributed by atoms with E-state index in [4.69, 9.17) is 0 Å².